The van der Waals surface area contributed by atoms with Crippen LogP contribution in [0.5, 0.6) is 0 Å². The van der Waals surface area contributed by atoms with Crippen LogP contribution in [0.25, 0.3) is 11.3 Å². The maximum Gasteiger partial charge on any atom is 0.311 e. The van der Waals surface area contributed by atoms with Crippen molar-refractivity contribution in [2.24, 2.45) is 0 Å². The Bertz CT molecular complexity index is 613. The predicted molar refractivity (Wildman–Crippen MR) is 74.4 cm³/mol. The number of anilines is 1. The minimum atomic E-state index is -0.927. The van der Waals surface area contributed by atoms with Crippen LogP contribution in [-0.4, -0.2) is 17.0 Å². The molecule has 0 saturated heterocycles. The molecule has 0 aliphatic carbocycles. The number of hydrogen-bond acceptors (Lipinski definition) is 3. The summed E-state index contributed by atoms with van der Waals surface area (Å²) in [5, 5.41) is 11.4. The second-order valence-electron chi connectivity index (χ2n) is 4.32. The number of furan rings is 1. The van der Waals surface area contributed by atoms with Crippen LogP contribution in [-0.2, 0) is 16.0 Å². The summed E-state index contributed by atoms with van der Waals surface area (Å²) >= 11 is 0. The molecule has 1 heterocycles. The quantitative estimate of drug-likeness (QED) is 0.877. The summed E-state index contributed by atoms with van der Waals surface area (Å²) in [6.45, 7) is 1.79. The molecule has 0 saturated carbocycles. The first kappa shape index (κ1) is 13.9. The van der Waals surface area contributed by atoms with Crippen molar-refractivity contribution in [1.82, 2.24) is 0 Å². The summed E-state index contributed by atoms with van der Waals surface area (Å²) < 4.78 is 5.45. The second-order valence-corrected chi connectivity index (χ2v) is 4.32. The van der Waals surface area contributed by atoms with Crippen molar-refractivity contribution in [2.45, 2.75) is 19.8 Å². The van der Waals surface area contributed by atoms with E-state index in [2.05, 4.69) is 5.32 Å². The van der Waals surface area contributed by atoms with E-state index in [4.69, 9.17) is 9.52 Å². The number of amides is 1. The highest BCUT2D eigenvalue weighted by atomic mass is 16.4. The van der Waals surface area contributed by atoms with Crippen molar-refractivity contribution >= 4 is 17.6 Å². The molecule has 0 spiro atoms. The zero-order chi connectivity index (χ0) is 14.5. The summed E-state index contributed by atoms with van der Waals surface area (Å²) in [4.78, 5) is 21.8. The van der Waals surface area contributed by atoms with Gasteiger partial charge in [-0.25, -0.2) is 0 Å². The molecule has 0 atom stereocenters. The van der Waals surface area contributed by atoms with Gasteiger partial charge >= 0.3 is 5.97 Å². The third kappa shape index (κ3) is 3.47. The molecule has 1 aromatic carbocycles. The number of carboxylic acid groups (broad SMARTS) is 1. The molecule has 5 heteroatoms. The average Bonchev–Trinajstić information content (AvgIpc) is 2.87. The Balaban J connectivity index is 2.11. The normalized spacial score (nSPS) is 10.2. The monoisotopic (exact) mass is 273 g/mol. The Morgan fingerprint density at radius 2 is 1.85 bits per heavy atom. The molecule has 0 aliphatic heterocycles. The molecule has 20 heavy (non-hydrogen) atoms. The number of carboxylic acids is 1. The smallest absolute Gasteiger partial charge is 0.311 e. The van der Waals surface area contributed by atoms with Gasteiger partial charge in [-0.15, -0.1) is 0 Å². The zero-order valence-electron chi connectivity index (χ0n) is 11.1. The van der Waals surface area contributed by atoms with Crippen LogP contribution in [0, 0.1) is 0 Å². The zero-order valence-corrected chi connectivity index (χ0v) is 11.1. The van der Waals surface area contributed by atoms with Crippen molar-refractivity contribution in [3.05, 3.63) is 42.2 Å². The molecule has 0 bridgehead atoms. The summed E-state index contributed by atoms with van der Waals surface area (Å²) in [6, 6.07) is 10.6. The molecule has 2 N–H and O–H groups in total. The topological polar surface area (TPSA) is 79.5 Å². The fourth-order valence-electron chi connectivity index (χ4n) is 1.74. The third-order valence-electron chi connectivity index (χ3n) is 2.76. The van der Waals surface area contributed by atoms with Crippen molar-refractivity contribution in [1.29, 1.82) is 0 Å². The van der Waals surface area contributed by atoms with Crippen LogP contribution in [0.3, 0.4) is 0 Å². The van der Waals surface area contributed by atoms with Crippen molar-refractivity contribution in [3.63, 3.8) is 0 Å². The summed E-state index contributed by atoms with van der Waals surface area (Å²) in [6.07, 6.45) is 0.295. The van der Waals surface area contributed by atoms with Gasteiger partial charge in [0.15, 0.2) is 0 Å². The predicted octanol–water partition coefficient (Wildman–Crippen LogP) is 2.92. The van der Waals surface area contributed by atoms with E-state index in [0.29, 0.717) is 17.9 Å². The van der Waals surface area contributed by atoms with Gasteiger partial charge in [-0.3, -0.25) is 9.59 Å². The number of carbonyl (C=O) groups is 2. The fourth-order valence-corrected chi connectivity index (χ4v) is 1.74. The van der Waals surface area contributed by atoms with Crippen LogP contribution in [0.4, 0.5) is 5.69 Å². The van der Waals surface area contributed by atoms with Crippen molar-refractivity contribution < 1.29 is 19.1 Å². The first-order valence-corrected chi connectivity index (χ1v) is 6.29. The second kappa shape index (κ2) is 6.06. The Morgan fingerprint density at radius 3 is 2.45 bits per heavy atom. The van der Waals surface area contributed by atoms with Crippen LogP contribution in [0.1, 0.15) is 19.1 Å². The van der Waals surface area contributed by atoms with E-state index in [1.165, 1.54) is 0 Å². The lowest BCUT2D eigenvalue weighted by atomic mass is 10.1. The molecule has 0 aliphatic rings. The highest BCUT2D eigenvalue weighted by molar-refractivity contribution is 5.90. The fraction of sp³-hybridized carbons (Fsp3) is 0.200. The van der Waals surface area contributed by atoms with E-state index in [-0.39, 0.29) is 12.3 Å². The Kier molecular flexibility index (Phi) is 4.20. The summed E-state index contributed by atoms with van der Waals surface area (Å²) in [7, 11) is 0. The molecule has 1 amide bonds. The van der Waals surface area contributed by atoms with E-state index >= 15 is 0 Å². The van der Waals surface area contributed by atoms with E-state index in [1.54, 1.807) is 31.2 Å². The van der Waals surface area contributed by atoms with Gasteiger partial charge in [0.25, 0.3) is 0 Å². The first-order chi connectivity index (χ1) is 9.58. The van der Waals surface area contributed by atoms with Gasteiger partial charge in [0.2, 0.25) is 5.91 Å². The molecule has 2 aromatic rings. The highest BCUT2D eigenvalue weighted by Gasteiger charge is 2.08. The lowest BCUT2D eigenvalue weighted by molar-refractivity contribution is -0.136. The van der Waals surface area contributed by atoms with Gasteiger partial charge in [-0.05, 0) is 36.4 Å². The molecular weight excluding hydrogens is 258 g/mol. The van der Waals surface area contributed by atoms with Gasteiger partial charge in [-0.2, -0.15) is 0 Å². The Morgan fingerprint density at radius 1 is 1.15 bits per heavy atom. The largest absolute Gasteiger partial charge is 0.481 e. The third-order valence-corrected chi connectivity index (χ3v) is 2.76. The van der Waals surface area contributed by atoms with Crippen LogP contribution >= 0.6 is 0 Å². The van der Waals surface area contributed by atoms with E-state index in [1.807, 2.05) is 12.1 Å². The highest BCUT2D eigenvalue weighted by Crippen LogP contribution is 2.24. The van der Waals surface area contributed by atoms with E-state index < -0.39 is 5.97 Å². The number of nitrogens with one attached hydrogen (secondary N) is 1. The molecule has 1 aromatic heterocycles. The average molecular weight is 273 g/mol. The maximum absolute atomic E-state index is 11.3. The summed E-state index contributed by atoms with van der Waals surface area (Å²) in [5.41, 5.74) is 1.55. The molecule has 104 valence electrons. The van der Waals surface area contributed by atoms with Crippen LogP contribution in [0.2, 0.25) is 0 Å². The maximum atomic E-state index is 11.3. The van der Waals surface area contributed by atoms with Gasteiger partial charge in [0, 0.05) is 17.7 Å². The van der Waals surface area contributed by atoms with Crippen LogP contribution < -0.4 is 5.32 Å². The SMILES string of the molecule is CCC(=O)Nc1ccc(-c2ccc(CC(=O)O)o2)cc1. The van der Waals surface area contributed by atoms with Crippen LogP contribution in [0.15, 0.2) is 40.8 Å². The van der Waals surface area contributed by atoms with Gasteiger partial charge in [-0.1, -0.05) is 6.92 Å². The molecular formula is C15H15NO4. The number of carbonyl (C=O) groups excluding carboxylic acids is 1. The molecule has 0 fully saturated rings. The van der Waals surface area contributed by atoms with Crippen molar-refractivity contribution in [2.75, 3.05) is 5.32 Å². The van der Waals surface area contributed by atoms with Gasteiger partial charge in [0.05, 0.1) is 0 Å². The number of hydrogen-bond donors (Lipinski definition) is 2. The number of rotatable bonds is 5. The molecule has 0 unspecified atom stereocenters. The number of aliphatic carboxylic acids is 1. The van der Waals surface area contributed by atoms with Gasteiger partial charge in [0.1, 0.15) is 17.9 Å². The van der Waals surface area contributed by atoms with Crippen molar-refractivity contribution in [3.8, 4) is 11.3 Å². The standard InChI is InChI=1S/C15H15NO4/c1-2-14(17)16-11-5-3-10(4-6-11)13-8-7-12(20-13)9-15(18)19/h3-8H,2,9H2,1H3,(H,16,17)(H,18,19). The Hall–Kier alpha value is -2.56. The lowest BCUT2D eigenvalue weighted by Crippen LogP contribution is -2.08. The lowest BCUT2D eigenvalue weighted by Gasteiger charge is -2.04. The summed E-state index contributed by atoms with van der Waals surface area (Å²) in [5.74, 6) is 0.0495. The number of benzene rings is 1. The van der Waals surface area contributed by atoms with Gasteiger partial charge < -0.3 is 14.8 Å². The van der Waals surface area contributed by atoms with E-state index in [0.717, 1.165) is 11.3 Å². The Labute approximate surface area is 116 Å². The minimum Gasteiger partial charge on any atom is -0.481 e. The molecule has 5 nitrogen and oxygen atoms in total. The first-order valence-electron chi connectivity index (χ1n) is 6.29. The van der Waals surface area contributed by atoms with E-state index in [9.17, 15) is 9.59 Å². The molecule has 0 radical (unpaired) electrons. The molecule has 2 rings (SSSR count). The minimum absolute atomic E-state index is 0.0421.